The number of rotatable bonds is 8. The van der Waals surface area contributed by atoms with Crippen molar-refractivity contribution in [2.75, 3.05) is 23.7 Å². The van der Waals surface area contributed by atoms with Gasteiger partial charge in [-0.05, 0) is 55.7 Å². The maximum atomic E-state index is 13.4. The van der Waals surface area contributed by atoms with Gasteiger partial charge in [-0.2, -0.15) is 19.4 Å². The van der Waals surface area contributed by atoms with Crippen LogP contribution in [0.1, 0.15) is 26.2 Å². The molecule has 0 aliphatic carbocycles. The van der Waals surface area contributed by atoms with Gasteiger partial charge >= 0.3 is 0 Å². The molecular formula is C25H28FN7O2S. The van der Waals surface area contributed by atoms with Gasteiger partial charge in [0.25, 0.3) is 0 Å². The first-order valence-corrected chi connectivity index (χ1v) is 13.5. The van der Waals surface area contributed by atoms with Crippen LogP contribution < -0.4 is 10.6 Å². The van der Waals surface area contributed by atoms with Crippen molar-refractivity contribution in [1.82, 2.24) is 24.1 Å². The minimum absolute atomic E-state index is 0.0193. The maximum Gasteiger partial charge on any atom is 0.243 e. The molecule has 1 aliphatic heterocycles. The van der Waals surface area contributed by atoms with Gasteiger partial charge in [-0.25, -0.2) is 17.5 Å². The number of sulfonamides is 1. The predicted molar refractivity (Wildman–Crippen MR) is 137 cm³/mol. The molecule has 4 aromatic rings. The van der Waals surface area contributed by atoms with E-state index in [4.69, 9.17) is 4.98 Å². The van der Waals surface area contributed by atoms with E-state index in [1.807, 2.05) is 4.68 Å². The fourth-order valence-electron chi connectivity index (χ4n) is 4.33. The number of nitrogens with zero attached hydrogens (tertiary/aromatic N) is 5. The third kappa shape index (κ3) is 5.02. The largest absolute Gasteiger partial charge is 0.351 e. The molecule has 0 spiro atoms. The second-order valence-corrected chi connectivity index (χ2v) is 10.7. The lowest BCUT2D eigenvalue weighted by Crippen LogP contribution is -2.42. The number of piperidine rings is 1. The Bertz CT molecular complexity index is 1430. The molecule has 1 aliphatic rings. The van der Waals surface area contributed by atoms with Crippen molar-refractivity contribution in [3.05, 3.63) is 66.6 Å². The smallest absolute Gasteiger partial charge is 0.243 e. The molecule has 0 radical (unpaired) electrons. The molecule has 2 N–H and O–H groups in total. The van der Waals surface area contributed by atoms with Crippen LogP contribution >= 0.6 is 0 Å². The quantitative estimate of drug-likeness (QED) is 0.363. The van der Waals surface area contributed by atoms with E-state index in [0.717, 1.165) is 11.8 Å². The Balaban J connectivity index is 1.35. The van der Waals surface area contributed by atoms with E-state index >= 15 is 0 Å². The number of benzene rings is 2. The van der Waals surface area contributed by atoms with Crippen LogP contribution in [0.5, 0.6) is 0 Å². The fourth-order valence-corrected chi connectivity index (χ4v) is 5.82. The zero-order valence-electron chi connectivity index (χ0n) is 19.9. The molecule has 9 nitrogen and oxygen atoms in total. The van der Waals surface area contributed by atoms with Crippen LogP contribution in [0.15, 0.2) is 65.7 Å². The summed E-state index contributed by atoms with van der Waals surface area (Å²) in [5.41, 5.74) is 1.40. The monoisotopic (exact) mass is 509 g/mol. The highest BCUT2D eigenvalue weighted by atomic mass is 32.2. The van der Waals surface area contributed by atoms with Crippen LogP contribution in [-0.4, -0.2) is 51.6 Å². The van der Waals surface area contributed by atoms with Crippen LogP contribution in [0.4, 0.5) is 21.8 Å². The van der Waals surface area contributed by atoms with Crippen molar-refractivity contribution in [2.45, 2.75) is 43.7 Å². The first-order chi connectivity index (χ1) is 17.4. The maximum absolute atomic E-state index is 13.4. The normalized spacial score (nSPS) is 15.3. The molecule has 2 aromatic carbocycles. The van der Waals surface area contributed by atoms with Gasteiger partial charge in [0.1, 0.15) is 11.6 Å². The third-order valence-electron chi connectivity index (χ3n) is 6.21. The number of nitrogens with one attached hydrogen (secondary N) is 2. The predicted octanol–water partition coefficient (Wildman–Crippen LogP) is 4.38. The van der Waals surface area contributed by atoms with Crippen molar-refractivity contribution in [1.29, 1.82) is 0 Å². The van der Waals surface area contributed by atoms with Crippen LogP contribution in [0.3, 0.4) is 0 Å². The summed E-state index contributed by atoms with van der Waals surface area (Å²) in [5.74, 6) is 0.696. The van der Waals surface area contributed by atoms with Gasteiger partial charge < -0.3 is 10.6 Å². The lowest BCUT2D eigenvalue weighted by molar-refractivity contribution is 0.329. The van der Waals surface area contributed by atoms with Gasteiger partial charge in [0.15, 0.2) is 5.65 Å². The molecular weight excluding hydrogens is 481 g/mol. The third-order valence-corrected chi connectivity index (χ3v) is 8.12. The molecule has 0 saturated carbocycles. The Morgan fingerprint density at radius 1 is 1.03 bits per heavy atom. The van der Waals surface area contributed by atoms with E-state index in [-0.39, 0.29) is 11.9 Å². The number of fused-ring (bicyclic) bond motifs is 1. The molecule has 11 heteroatoms. The van der Waals surface area contributed by atoms with E-state index in [0.29, 0.717) is 60.5 Å². The van der Waals surface area contributed by atoms with Crippen LogP contribution in [0.25, 0.3) is 11.0 Å². The second kappa shape index (κ2) is 10.2. The average Bonchev–Trinajstić information content (AvgIpc) is 3.29. The minimum atomic E-state index is -3.51. The Kier molecular flexibility index (Phi) is 6.84. The molecule has 3 heterocycles. The first-order valence-electron chi connectivity index (χ1n) is 12.0. The summed E-state index contributed by atoms with van der Waals surface area (Å²) >= 11 is 0. The zero-order valence-corrected chi connectivity index (χ0v) is 20.7. The van der Waals surface area contributed by atoms with E-state index < -0.39 is 10.0 Å². The number of hydrogen-bond donors (Lipinski definition) is 2. The molecule has 0 atom stereocenters. The molecule has 0 unspecified atom stereocenters. The molecule has 36 heavy (non-hydrogen) atoms. The molecule has 1 fully saturated rings. The lowest BCUT2D eigenvalue weighted by atomic mass is 10.1. The van der Waals surface area contributed by atoms with Gasteiger partial charge in [0.05, 0.1) is 16.5 Å². The van der Waals surface area contributed by atoms with Crippen molar-refractivity contribution in [3.8, 4) is 0 Å². The summed E-state index contributed by atoms with van der Waals surface area (Å²) in [5, 5.41) is 11.9. The summed E-state index contributed by atoms with van der Waals surface area (Å²) in [4.78, 5) is 9.73. The van der Waals surface area contributed by atoms with E-state index in [1.165, 1.54) is 16.4 Å². The van der Waals surface area contributed by atoms with Crippen LogP contribution in [0, 0.1) is 5.82 Å². The summed E-state index contributed by atoms with van der Waals surface area (Å²) in [6, 6.07) is 14.6. The topological polar surface area (TPSA) is 105 Å². The summed E-state index contributed by atoms with van der Waals surface area (Å²) in [6.07, 6.45) is 3.89. The van der Waals surface area contributed by atoms with Gasteiger partial charge in [-0.3, -0.25) is 0 Å². The highest BCUT2D eigenvalue weighted by Gasteiger charge is 2.29. The van der Waals surface area contributed by atoms with Crippen molar-refractivity contribution in [2.24, 2.45) is 0 Å². The lowest BCUT2D eigenvalue weighted by Gasteiger charge is -2.31. The molecule has 188 valence electrons. The van der Waals surface area contributed by atoms with Crippen LogP contribution in [0.2, 0.25) is 0 Å². The number of aromatic nitrogens is 4. The Labute approximate surface area is 209 Å². The highest BCUT2D eigenvalue weighted by Crippen LogP contribution is 2.27. The SMILES string of the molecule is CCCn1ncc2c(Nc3ccc(F)cc3)nc(NC3CCN(S(=O)(=O)c4ccccc4)CC3)nc21. The fraction of sp³-hybridized carbons (Fsp3) is 0.320. The van der Waals surface area contributed by atoms with Crippen molar-refractivity contribution >= 4 is 38.5 Å². The molecule has 5 rings (SSSR count). The average molecular weight is 510 g/mol. The number of aryl methyl sites for hydroxylation is 1. The second-order valence-electron chi connectivity index (χ2n) is 8.77. The Morgan fingerprint density at radius 3 is 2.44 bits per heavy atom. The molecule has 2 aromatic heterocycles. The number of halogens is 1. The van der Waals surface area contributed by atoms with Gasteiger partial charge in [-0.15, -0.1) is 0 Å². The van der Waals surface area contributed by atoms with E-state index in [1.54, 1.807) is 48.7 Å². The van der Waals surface area contributed by atoms with Gasteiger partial charge in [-0.1, -0.05) is 25.1 Å². The molecule has 0 bridgehead atoms. The standard InChI is InChI=1S/C25H28FN7O2S/c1-2-14-33-24-22(17-27-33)23(28-19-10-8-18(26)9-11-19)30-25(31-24)29-20-12-15-32(16-13-20)36(34,35)21-6-4-3-5-7-21/h3-11,17,20H,2,12-16H2,1H3,(H2,28,29,30,31). The number of hydrogen-bond acceptors (Lipinski definition) is 7. The van der Waals surface area contributed by atoms with Gasteiger partial charge in [0, 0.05) is 31.4 Å². The van der Waals surface area contributed by atoms with Gasteiger partial charge in [0.2, 0.25) is 16.0 Å². The van der Waals surface area contributed by atoms with Crippen molar-refractivity contribution < 1.29 is 12.8 Å². The number of anilines is 3. The Hall–Kier alpha value is -3.57. The summed E-state index contributed by atoms with van der Waals surface area (Å²) in [7, 11) is -3.51. The van der Waals surface area contributed by atoms with E-state index in [2.05, 4.69) is 27.6 Å². The molecule has 0 amide bonds. The Morgan fingerprint density at radius 2 is 1.75 bits per heavy atom. The summed E-state index contributed by atoms with van der Waals surface area (Å²) < 4.78 is 42.6. The first kappa shape index (κ1) is 24.1. The van der Waals surface area contributed by atoms with Crippen molar-refractivity contribution in [3.63, 3.8) is 0 Å². The molecule has 1 saturated heterocycles. The van der Waals surface area contributed by atoms with E-state index in [9.17, 15) is 12.8 Å². The minimum Gasteiger partial charge on any atom is -0.351 e. The highest BCUT2D eigenvalue weighted by molar-refractivity contribution is 7.89. The summed E-state index contributed by atoms with van der Waals surface area (Å²) in [6.45, 7) is 3.60. The zero-order chi connectivity index (χ0) is 25.1. The van der Waals surface area contributed by atoms with Crippen LogP contribution in [-0.2, 0) is 16.6 Å².